The maximum Gasteiger partial charge on any atom is 0.252 e. The van der Waals surface area contributed by atoms with Gasteiger partial charge in [0.2, 0.25) is 0 Å². The summed E-state index contributed by atoms with van der Waals surface area (Å²) in [6, 6.07) is 0. The summed E-state index contributed by atoms with van der Waals surface area (Å²) in [5, 5.41) is 3.47. The molecule has 0 unspecified atom stereocenters. The van der Waals surface area contributed by atoms with Crippen LogP contribution in [0.3, 0.4) is 0 Å². The Kier molecular flexibility index (Phi) is 4.94. The van der Waals surface area contributed by atoms with E-state index >= 15 is 0 Å². The molecule has 0 aromatic carbocycles. The van der Waals surface area contributed by atoms with Gasteiger partial charge in [-0.3, -0.25) is 15.0 Å². The van der Waals surface area contributed by atoms with Crippen LogP contribution in [0, 0.1) is 12.8 Å². The van der Waals surface area contributed by atoms with Crippen LogP contribution in [0.2, 0.25) is 0 Å². The van der Waals surface area contributed by atoms with Gasteiger partial charge in [0.25, 0.3) is 5.91 Å². The number of anilines is 1. The molecule has 2 heterocycles. The van der Waals surface area contributed by atoms with Gasteiger partial charge in [0.05, 0.1) is 5.69 Å². The van der Waals surface area contributed by atoms with Crippen molar-refractivity contribution in [1.29, 1.82) is 0 Å². The zero-order valence-electron chi connectivity index (χ0n) is 12.5. The van der Waals surface area contributed by atoms with Gasteiger partial charge < -0.3 is 0 Å². The molecule has 0 radical (unpaired) electrons. The lowest BCUT2D eigenvalue weighted by Crippen LogP contribution is -2.32. The van der Waals surface area contributed by atoms with Gasteiger partial charge in [-0.2, -0.15) is 0 Å². The number of aryl methyl sites for hydroxylation is 1. The summed E-state index contributed by atoms with van der Waals surface area (Å²) in [5.74, 6) is 0.691. The molecule has 1 N–H and O–H groups in total. The highest BCUT2D eigenvalue weighted by Crippen LogP contribution is 2.26. The summed E-state index contributed by atoms with van der Waals surface area (Å²) in [5.41, 5.74) is 1.52. The van der Waals surface area contributed by atoms with Crippen molar-refractivity contribution in [3.05, 3.63) is 22.7 Å². The summed E-state index contributed by atoms with van der Waals surface area (Å²) >= 11 is 1.57. The van der Waals surface area contributed by atoms with Crippen LogP contribution in [-0.2, 0) is 11.3 Å². The van der Waals surface area contributed by atoms with E-state index in [-0.39, 0.29) is 5.91 Å². The Hall–Kier alpha value is -1.20. The molecule has 0 bridgehead atoms. The molecule has 1 aliphatic heterocycles. The number of nitrogens with zero attached hydrogens (tertiary/aromatic N) is 2. The molecule has 4 nitrogen and oxygen atoms in total. The minimum Gasteiger partial charge on any atom is -0.298 e. The fourth-order valence-electron chi connectivity index (χ4n) is 2.26. The van der Waals surface area contributed by atoms with Crippen LogP contribution in [0.25, 0.3) is 0 Å². The van der Waals surface area contributed by atoms with Gasteiger partial charge in [-0.25, -0.2) is 4.98 Å². The summed E-state index contributed by atoms with van der Waals surface area (Å²) in [7, 11) is 0. The highest BCUT2D eigenvalue weighted by molar-refractivity contribution is 7.15. The number of aromatic nitrogens is 1. The molecule has 1 aromatic heterocycles. The average molecular weight is 293 g/mol. The molecule has 1 saturated heterocycles. The van der Waals surface area contributed by atoms with E-state index in [1.54, 1.807) is 18.3 Å². The van der Waals surface area contributed by atoms with Crippen LogP contribution < -0.4 is 5.32 Å². The molecule has 0 aliphatic carbocycles. The summed E-state index contributed by atoms with van der Waals surface area (Å²) in [6.07, 6.45) is 2.55. The van der Waals surface area contributed by atoms with Crippen molar-refractivity contribution in [2.75, 3.05) is 18.4 Å². The summed E-state index contributed by atoms with van der Waals surface area (Å²) in [6.45, 7) is 12.9. The van der Waals surface area contributed by atoms with Crippen molar-refractivity contribution in [2.24, 2.45) is 5.92 Å². The molecule has 1 aliphatic rings. The van der Waals surface area contributed by atoms with Crippen LogP contribution >= 0.6 is 11.3 Å². The Morgan fingerprint density at radius 2 is 2.15 bits per heavy atom. The van der Waals surface area contributed by atoms with E-state index < -0.39 is 0 Å². The van der Waals surface area contributed by atoms with Gasteiger partial charge in [0, 0.05) is 17.0 Å². The van der Waals surface area contributed by atoms with Gasteiger partial charge in [-0.15, -0.1) is 11.3 Å². The van der Waals surface area contributed by atoms with Crippen LogP contribution in [0.1, 0.15) is 37.3 Å². The molecule has 1 aromatic rings. The lowest BCUT2D eigenvalue weighted by Gasteiger charge is -2.29. The monoisotopic (exact) mass is 293 g/mol. The number of thiazole rings is 1. The average Bonchev–Trinajstić information content (AvgIpc) is 2.72. The first-order valence-electron chi connectivity index (χ1n) is 7.11. The minimum atomic E-state index is -0.155. The quantitative estimate of drug-likeness (QED) is 0.867. The van der Waals surface area contributed by atoms with Crippen LogP contribution in [0.5, 0.6) is 0 Å². The van der Waals surface area contributed by atoms with Crippen molar-refractivity contribution in [3.63, 3.8) is 0 Å². The van der Waals surface area contributed by atoms with E-state index in [9.17, 15) is 4.79 Å². The molecule has 1 amide bonds. The van der Waals surface area contributed by atoms with Gasteiger partial charge in [0.15, 0.2) is 5.13 Å². The number of carbonyl (C=O) groups excluding carboxylic acids is 1. The highest BCUT2D eigenvalue weighted by atomic mass is 32.1. The molecule has 0 saturated carbocycles. The molecule has 20 heavy (non-hydrogen) atoms. The Morgan fingerprint density at radius 1 is 1.50 bits per heavy atom. The molecular formula is C15H23N3OS. The first kappa shape index (κ1) is 15.2. The van der Waals surface area contributed by atoms with Gasteiger partial charge in [-0.05, 0) is 45.7 Å². The van der Waals surface area contributed by atoms with E-state index in [0.717, 1.165) is 31.2 Å². The molecule has 5 heteroatoms. The SMILES string of the molecule is C=C(C)C(=O)Nc1nc(C)c(CN2CCC(C)CC2)s1. The highest BCUT2D eigenvalue weighted by Gasteiger charge is 2.18. The Balaban J connectivity index is 1.97. The zero-order chi connectivity index (χ0) is 14.7. The maximum atomic E-state index is 11.6. The molecule has 0 spiro atoms. The topological polar surface area (TPSA) is 45.2 Å². The molecular weight excluding hydrogens is 270 g/mol. The van der Waals surface area contributed by atoms with Gasteiger partial charge >= 0.3 is 0 Å². The number of rotatable bonds is 4. The normalized spacial score (nSPS) is 17.1. The number of nitrogens with one attached hydrogen (secondary N) is 1. The van der Waals surface area contributed by atoms with E-state index in [1.165, 1.54) is 17.7 Å². The standard InChI is InChI=1S/C15H23N3OS/c1-10(2)14(19)17-15-16-12(4)13(20-15)9-18-7-5-11(3)6-8-18/h11H,1,5-9H2,2-4H3,(H,16,17,19). The van der Waals surface area contributed by atoms with Crippen molar-refractivity contribution in [3.8, 4) is 0 Å². The second-order valence-corrected chi connectivity index (χ2v) is 6.80. The smallest absolute Gasteiger partial charge is 0.252 e. The van der Waals surface area contributed by atoms with E-state index in [2.05, 4.69) is 28.7 Å². The number of likely N-dealkylation sites (tertiary alicyclic amines) is 1. The van der Waals surface area contributed by atoms with E-state index in [1.807, 2.05) is 6.92 Å². The predicted octanol–water partition coefficient (Wildman–Crippen LogP) is 3.20. The summed E-state index contributed by atoms with van der Waals surface area (Å²) < 4.78 is 0. The molecule has 1 fully saturated rings. The van der Waals surface area contributed by atoms with Crippen LogP contribution in [0.4, 0.5) is 5.13 Å². The third-order valence-corrected chi connectivity index (χ3v) is 4.80. The number of hydrogen-bond donors (Lipinski definition) is 1. The third kappa shape index (κ3) is 3.90. The first-order valence-corrected chi connectivity index (χ1v) is 7.93. The number of carbonyl (C=O) groups is 1. The first-order chi connectivity index (χ1) is 9.45. The number of hydrogen-bond acceptors (Lipinski definition) is 4. The van der Waals surface area contributed by atoms with Crippen LogP contribution in [0.15, 0.2) is 12.2 Å². The molecule has 110 valence electrons. The molecule has 0 atom stereocenters. The van der Waals surface area contributed by atoms with E-state index in [0.29, 0.717) is 10.7 Å². The lowest BCUT2D eigenvalue weighted by atomic mass is 9.99. The summed E-state index contributed by atoms with van der Waals surface area (Å²) in [4.78, 5) is 19.8. The second-order valence-electron chi connectivity index (χ2n) is 5.72. The van der Waals surface area contributed by atoms with Crippen molar-refractivity contribution < 1.29 is 4.79 Å². The Labute approximate surface area is 124 Å². The second kappa shape index (κ2) is 6.50. The van der Waals surface area contributed by atoms with Crippen molar-refractivity contribution in [2.45, 2.75) is 40.2 Å². The van der Waals surface area contributed by atoms with Crippen molar-refractivity contribution >= 4 is 22.4 Å². The fourth-order valence-corrected chi connectivity index (χ4v) is 3.26. The van der Waals surface area contributed by atoms with Crippen LogP contribution in [-0.4, -0.2) is 28.9 Å². The number of amides is 1. The largest absolute Gasteiger partial charge is 0.298 e. The fraction of sp³-hybridized carbons (Fsp3) is 0.600. The van der Waals surface area contributed by atoms with Gasteiger partial charge in [-0.1, -0.05) is 13.5 Å². The van der Waals surface area contributed by atoms with E-state index in [4.69, 9.17) is 0 Å². The minimum absolute atomic E-state index is 0.155. The Bertz CT molecular complexity index is 501. The zero-order valence-corrected chi connectivity index (χ0v) is 13.3. The van der Waals surface area contributed by atoms with Gasteiger partial charge in [0.1, 0.15) is 0 Å². The Morgan fingerprint density at radius 3 is 2.75 bits per heavy atom. The maximum absolute atomic E-state index is 11.6. The molecule has 2 rings (SSSR count). The lowest BCUT2D eigenvalue weighted by molar-refractivity contribution is -0.112. The third-order valence-electron chi connectivity index (χ3n) is 3.74. The van der Waals surface area contributed by atoms with Crippen molar-refractivity contribution in [1.82, 2.24) is 9.88 Å². The number of piperidine rings is 1. The predicted molar refractivity (Wildman–Crippen MR) is 84.0 cm³/mol.